The molecule has 0 spiro atoms. The summed E-state index contributed by atoms with van der Waals surface area (Å²) in [6.45, 7) is 25.7. The number of rotatable bonds is 4. The van der Waals surface area contributed by atoms with Gasteiger partial charge in [-0.2, -0.15) is 0 Å². The first kappa shape index (κ1) is 24.7. The average Bonchev–Trinajstić information content (AvgIpc) is 2.40. The van der Waals surface area contributed by atoms with Gasteiger partial charge >= 0.3 is 7.72 Å². The van der Waals surface area contributed by atoms with Crippen molar-refractivity contribution < 1.29 is 13.9 Å². The number of hydrogen-bond acceptors (Lipinski definition) is 3. The minimum Gasteiger partial charge on any atom is -0.473 e. The molecule has 0 aliphatic heterocycles. The monoisotopic (exact) mass is 415 g/mol. The van der Waals surface area contributed by atoms with Gasteiger partial charge in [-0.3, -0.25) is 0 Å². The van der Waals surface area contributed by atoms with Gasteiger partial charge in [-0.15, -0.1) is 0 Å². The maximum Gasteiger partial charge on any atom is 0.326 e. The molecule has 27 heavy (non-hydrogen) atoms. The van der Waals surface area contributed by atoms with Crippen molar-refractivity contribution in [3.05, 3.63) is 24.3 Å². The van der Waals surface area contributed by atoms with Crippen molar-refractivity contribution in [3.8, 4) is 11.5 Å². The molecule has 0 atom stereocenters. The molecule has 1 aromatic rings. The van der Waals surface area contributed by atoms with E-state index in [9.17, 15) is 4.89 Å². The van der Waals surface area contributed by atoms with E-state index in [2.05, 4.69) is 41.5 Å². The van der Waals surface area contributed by atoms with Crippen LogP contribution < -0.4 is 9.05 Å². The van der Waals surface area contributed by atoms with E-state index in [-0.39, 0.29) is 20.6 Å². The molecule has 0 amide bonds. The molecule has 1 rings (SSSR count). The topological polar surface area (TPSA) is 38.7 Å². The Labute approximate surface area is 169 Å². The molecule has 1 aromatic carbocycles. The Morgan fingerprint density at radius 1 is 0.741 bits per heavy atom. The molecule has 0 saturated heterocycles. The molecule has 0 fully saturated rings. The maximum absolute atomic E-state index is 11.5. The molecule has 0 unspecified atom stereocenters. The van der Waals surface area contributed by atoms with Crippen molar-refractivity contribution in [3.63, 3.8) is 0 Å². The second-order valence-corrected chi connectivity index (χ2v) is 18.7. The van der Waals surface area contributed by atoms with Crippen molar-refractivity contribution in [2.75, 3.05) is 0 Å². The first-order chi connectivity index (χ1) is 11.8. The lowest BCUT2D eigenvalue weighted by atomic mass is 10.2. The van der Waals surface area contributed by atoms with E-state index in [1.165, 1.54) is 0 Å². The quantitative estimate of drug-likeness (QED) is 0.508. The number of benzene rings is 1. The van der Waals surface area contributed by atoms with E-state index in [4.69, 9.17) is 9.05 Å². The highest BCUT2D eigenvalue weighted by atomic mass is 31.2. The molecular formula is C22H41O3P2+. The Kier molecular flexibility index (Phi) is 7.14. The van der Waals surface area contributed by atoms with Crippen LogP contribution in [0.3, 0.4) is 0 Å². The minimum atomic E-state index is -2.73. The van der Waals surface area contributed by atoms with E-state index in [1.807, 2.05) is 65.8 Å². The molecule has 5 heteroatoms. The predicted octanol–water partition coefficient (Wildman–Crippen LogP) is 7.88. The fourth-order valence-electron chi connectivity index (χ4n) is 3.41. The maximum atomic E-state index is 11.5. The van der Waals surface area contributed by atoms with Crippen molar-refractivity contribution >= 4 is 15.9 Å². The molecule has 3 nitrogen and oxygen atoms in total. The standard InChI is InChI=1S/C22H41O3P2/c1-19(2,3)26(20(4,5)6)24-17-14-13-15-18(16-17)25-27(23,21(7,8)9)22(10,11)12/h13-16,23H,1-12H3/q+1. The second-order valence-electron chi connectivity index (χ2n) is 11.2. The van der Waals surface area contributed by atoms with Crippen molar-refractivity contribution in [1.82, 2.24) is 0 Å². The van der Waals surface area contributed by atoms with Gasteiger partial charge in [0.15, 0.2) is 5.75 Å². The zero-order valence-electron chi connectivity index (χ0n) is 19.5. The van der Waals surface area contributed by atoms with Gasteiger partial charge in [0.05, 0.1) is 8.15 Å². The van der Waals surface area contributed by atoms with E-state index in [0.717, 1.165) is 5.75 Å². The molecule has 0 aliphatic rings. The van der Waals surface area contributed by atoms with Crippen LogP contribution in [0.2, 0.25) is 0 Å². The summed E-state index contributed by atoms with van der Waals surface area (Å²) in [5, 5.41) is -0.554. The van der Waals surface area contributed by atoms with Crippen LogP contribution in [0, 0.1) is 0 Å². The predicted molar refractivity (Wildman–Crippen MR) is 123 cm³/mol. The minimum absolute atomic E-state index is 0.0645. The van der Waals surface area contributed by atoms with Crippen LogP contribution >= 0.6 is 15.9 Å². The fraction of sp³-hybridized carbons (Fsp3) is 0.727. The zero-order valence-corrected chi connectivity index (χ0v) is 21.3. The fourth-order valence-corrected chi connectivity index (χ4v) is 9.27. The van der Waals surface area contributed by atoms with Gasteiger partial charge in [0.2, 0.25) is 0 Å². The van der Waals surface area contributed by atoms with Crippen LogP contribution in [-0.2, 0) is 0 Å². The van der Waals surface area contributed by atoms with Gasteiger partial charge in [0.25, 0.3) is 0 Å². The molecule has 156 valence electrons. The zero-order chi connectivity index (χ0) is 21.5. The lowest BCUT2D eigenvalue weighted by Crippen LogP contribution is -2.36. The van der Waals surface area contributed by atoms with Gasteiger partial charge in [0.1, 0.15) is 16.1 Å². The van der Waals surface area contributed by atoms with Crippen LogP contribution in [0.1, 0.15) is 83.1 Å². The molecule has 0 aliphatic carbocycles. The third-order valence-corrected chi connectivity index (χ3v) is 11.2. The van der Waals surface area contributed by atoms with Crippen molar-refractivity contribution in [2.45, 2.75) is 104 Å². The summed E-state index contributed by atoms with van der Waals surface area (Å²) in [7, 11) is -3.45. The third kappa shape index (κ3) is 6.06. The van der Waals surface area contributed by atoms with Crippen molar-refractivity contribution in [1.29, 1.82) is 0 Å². The summed E-state index contributed by atoms with van der Waals surface area (Å²) in [5.41, 5.74) is 0. The SMILES string of the molecule is CC(C)(C)P(Oc1cccc(O[P+](O)(C(C)(C)C)C(C)(C)C)c1)C(C)(C)C. The summed E-state index contributed by atoms with van der Waals surface area (Å²) >= 11 is 0. The Balaban J connectivity index is 3.23. The smallest absolute Gasteiger partial charge is 0.326 e. The third-order valence-electron chi connectivity index (χ3n) is 4.28. The number of hydrogen-bond donors (Lipinski definition) is 1. The van der Waals surface area contributed by atoms with Crippen LogP contribution in [-0.4, -0.2) is 25.5 Å². The molecule has 0 aromatic heterocycles. The summed E-state index contributed by atoms with van der Waals surface area (Å²) < 4.78 is 12.8. The van der Waals surface area contributed by atoms with E-state index >= 15 is 0 Å². The van der Waals surface area contributed by atoms with Crippen molar-refractivity contribution in [2.24, 2.45) is 0 Å². The van der Waals surface area contributed by atoms with Crippen LogP contribution in [0.15, 0.2) is 24.3 Å². The molecule has 1 N–H and O–H groups in total. The summed E-state index contributed by atoms with van der Waals surface area (Å²) in [4.78, 5) is 11.5. The molecule has 0 bridgehead atoms. The first-order valence-corrected chi connectivity index (χ1v) is 12.6. The molecular weight excluding hydrogens is 374 g/mol. The molecule has 0 saturated carbocycles. The summed E-state index contributed by atoms with van der Waals surface area (Å²) in [6.07, 6.45) is 0. The average molecular weight is 416 g/mol. The van der Waals surface area contributed by atoms with Gasteiger partial charge < -0.3 is 9.05 Å². The Bertz CT molecular complexity index is 601. The van der Waals surface area contributed by atoms with Gasteiger partial charge in [-0.25, -0.2) is 4.89 Å². The van der Waals surface area contributed by atoms with E-state index in [0.29, 0.717) is 5.75 Å². The Hall–Kier alpha value is -0.360. The normalized spacial score (nSPS) is 14.4. The van der Waals surface area contributed by atoms with E-state index in [1.54, 1.807) is 0 Å². The highest BCUT2D eigenvalue weighted by molar-refractivity contribution is 7.69. The second kappa shape index (κ2) is 7.81. The lowest BCUT2D eigenvalue weighted by Gasteiger charge is -2.40. The highest BCUT2D eigenvalue weighted by Crippen LogP contribution is 2.73. The summed E-state index contributed by atoms with van der Waals surface area (Å²) in [6, 6.07) is 7.76. The Morgan fingerprint density at radius 3 is 1.52 bits per heavy atom. The largest absolute Gasteiger partial charge is 0.473 e. The van der Waals surface area contributed by atoms with Crippen LogP contribution in [0.4, 0.5) is 0 Å². The van der Waals surface area contributed by atoms with Gasteiger partial charge in [-0.05, 0) is 53.7 Å². The van der Waals surface area contributed by atoms with Crippen LogP contribution in [0.25, 0.3) is 0 Å². The lowest BCUT2D eigenvalue weighted by molar-refractivity contribution is 0.381. The Morgan fingerprint density at radius 2 is 1.15 bits per heavy atom. The van der Waals surface area contributed by atoms with Crippen LogP contribution in [0.5, 0.6) is 11.5 Å². The van der Waals surface area contributed by atoms with Gasteiger partial charge in [-0.1, -0.05) is 47.6 Å². The first-order valence-electron chi connectivity index (χ1n) is 9.69. The van der Waals surface area contributed by atoms with E-state index < -0.39 is 15.9 Å². The van der Waals surface area contributed by atoms with Gasteiger partial charge in [0, 0.05) is 16.4 Å². The summed E-state index contributed by atoms with van der Waals surface area (Å²) in [5.74, 6) is 1.48. The highest BCUT2D eigenvalue weighted by Gasteiger charge is 2.61. The molecule has 0 heterocycles. The molecule has 0 radical (unpaired) electrons.